The zero-order valence-electron chi connectivity index (χ0n) is 10.7. The predicted octanol–water partition coefficient (Wildman–Crippen LogP) is 1.55. The Morgan fingerprint density at radius 3 is 3.11 bits per heavy atom. The van der Waals surface area contributed by atoms with Gasteiger partial charge in [-0.05, 0) is 36.2 Å². The van der Waals surface area contributed by atoms with E-state index in [4.69, 9.17) is 4.74 Å². The lowest BCUT2D eigenvalue weighted by atomic mass is 10.1. The monoisotopic (exact) mass is 257 g/mol. The van der Waals surface area contributed by atoms with Crippen molar-refractivity contribution in [2.45, 2.75) is 12.8 Å². The fraction of sp³-hybridized carbons (Fsp3) is 0.286. The molecule has 0 saturated heterocycles. The molecule has 2 aromatic rings. The van der Waals surface area contributed by atoms with E-state index in [1.807, 2.05) is 29.2 Å². The number of aromatic nitrogens is 2. The van der Waals surface area contributed by atoms with Gasteiger partial charge in [0.15, 0.2) is 0 Å². The predicted molar refractivity (Wildman–Crippen MR) is 71.3 cm³/mol. The van der Waals surface area contributed by atoms with Gasteiger partial charge in [-0.2, -0.15) is 5.10 Å². The van der Waals surface area contributed by atoms with Crippen LogP contribution >= 0.6 is 0 Å². The lowest BCUT2D eigenvalue weighted by molar-refractivity contribution is -0.117. The number of nitrogens with one attached hydrogen (secondary N) is 1. The summed E-state index contributed by atoms with van der Waals surface area (Å²) >= 11 is 0. The number of fused-ring (bicyclic) bond motifs is 1. The Morgan fingerprint density at radius 2 is 2.37 bits per heavy atom. The number of nitrogens with zero attached hydrogens (tertiary/aromatic N) is 2. The molecule has 5 nitrogen and oxygen atoms in total. The molecule has 0 bridgehead atoms. The second-order valence-corrected chi connectivity index (χ2v) is 4.55. The minimum absolute atomic E-state index is 0.0909. The van der Waals surface area contributed by atoms with Crippen LogP contribution in [0.1, 0.15) is 11.3 Å². The topological polar surface area (TPSA) is 58.2 Å². The summed E-state index contributed by atoms with van der Waals surface area (Å²) < 4.78 is 5.20. The molecule has 1 amide bonds. The second kappa shape index (κ2) is 4.76. The van der Waals surface area contributed by atoms with Gasteiger partial charge in [0.05, 0.1) is 13.5 Å². The quantitative estimate of drug-likeness (QED) is 0.907. The molecule has 1 aliphatic rings. The van der Waals surface area contributed by atoms with E-state index >= 15 is 0 Å². The molecule has 0 spiro atoms. The van der Waals surface area contributed by atoms with Gasteiger partial charge in [-0.1, -0.05) is 0 Å². The first-order valence-electron chi connectivity index (χ1n) is 6.23. The third-order valence-electron chi connectivity index (χ3n) is 3.38. The molecule has 1 aromatic carbocycles. The van der Waals surface area contributed by atoms with Crippen molar-refractivity contribution in [1.29, 1.82) is 0 Å². The van der Waals surface area contributed by atoms with Crippen LogP contribution in [0.3, 0.4) is 0 Å². The number of hydrogen-bond acceptors (Lipinski definition) is 3. The van der Waals surface area contributed by atoms with Crippen LogP contribution < -0.4 is 9.64 Å². The summed E-state index contributed by atoms with van der Waals surface area (Å²) in [5.41, 5.74) is 2.99. The minimum Gasteiger partial charge on any atom is -0.497 e. The third kappa shape index (κ3) is 2.19. The summed E-state index contributed by atoms with van der Waals surface area (Å²) in [6, 6.07) is 7.66. The normalized spacial score (nSPS) is 13.4. The number of hydrogen-bond donors (Lipinski definition) is 1. The Morgan fingerprint density at radius 1 is 1.47 bits per heavy atom. The molecule has 98 valence electrons. The molecule has 0 atom stereocenters. The Kier molecular flexibility index (Phi) is 2.95. The highest BCUT2D eigenvalue weighted by Gasteiger charge is 2.25. The van der Waals surface area contributed by atoms with Crippen LogP contribution in [0.5, 0.6) is 5.75 Å². The minimum atomic E-state index is 0.0909. The first kappa shape index (κ1) is 11.8. The smallest absolute Gasteiger partial charge is 0.232 e. The van der Waals surface area contributed by atoms with Gasteiger partial charge in [0.2, 0.25) is 5.91 Å². The van der Waals surface area contributed by atoms with Crippen LogP contribution in [-0.2, 0) is 17.6 Å². The maximum atomic E-state index is 12.3. The van der Waals surface area contributed by atoms with E-state index < -0.39 is 0 Å². The molecular formula is C14H15N3O2. The number of rotatable bonds is 3. The highest BCUT2D eigenvalue weighted by atomic mass is 16.5. The molecule has 3 rings (SSSR count). The van der Waals surface area contributed by atoms with Crippen molar-refractivity contribution < 1.29 is 9.53 Å². The Labute approximate surface area is 111 Å². The van der Waals surface area contributed by atoms with Gasteiger partial charge in [-0.25, -0.2) is 0 Å². The van der Waals surface area contributed by atoms with Crippen LogP contribution in [0.4, 0.5) is 5.69 Å². The number of H-pyrrole nitrogens is 1. The molecule has 1 aromatic heterocycles. The van der Waals surface area contributed by atoms with Crippen molar-refractivity contribution in [1.82, 2.24) is 10.2 Å². The summed E-state index contributed by atoms with van der Waals surface area (Å²) in [7, 11) is 1.65. The molecule has 0 fully saturated rings. The van der Waals surface area contributed by atoms with Gasteiger partial charge in [0.1, 0.15) is 5.75 Å². The van der Waals surface area contributed by atoms with Gasteiger partial charge in [-0.3, -0.25) is 9.89 Å². The van der Waals surface area contributed by atoms with Crippen LogP contribution in [0.2, 0.25) is 0 Å². The molecule has 0 saturated carbocycles. The highest BCUT2D eigenvalue weighted by Crippen LogP contribution is 2.31. The molecule has 19 heavy (non-hydrogen) atoms. The van der Waals surface area contributed by atoms with Gasteiger partial charge in [-0.15, -0.1) is 0 Å². The van der Waals surface area contributed by atoms with E-state index in [9.17, 15) is 4.79 Å². The molecule has 2 heterocycles. The Bertz CT molecular complexity index is 593. The number of carbonyl (C=O) groups excluding carboxylic acids is 1. The average Bonchev–Trinajstić information content (AvgIpc) is 3.06. The fourth-order valence-electron chi connectivity index (χ4n) is 2.41. The molecule has 0 unspecified atom stereocenters. The standard InChI is InChI=1S/C14H15N3O2/c1-19-12-2-3-13-10(8-12)5-7-17(13)14(18)9-11-4-6-15-16-11/h2-4,6,8H,5,7,9H2,1H3,(H,15,16). The summed E-state index contributed by atoms with van der Waals surface area (Å²) in [6.45, 7) is 0.732. The number of ether oxygens (including phenoxy) is 1. The molecular weight excluding hydrogens is 242 g/mol. The number of benzene rings is 1. The van der Waals surface area contributed by atoms with Crippen LogP contribution in [-0.4, -0.2) is 29.8 Å². The molecule has 0 aliphatic carbocycles. The van der Waals surface area contributed by atoms with E-state index in [0.29, 0.717) is 6.42 Å². The van der Waals surface area contributed by atoms with E-state index in [2.05, 4.69) is 10.2 Å². The largest absolute Gasteiger partial charge is 0.497 e. The fourth-order valence-corrected chi connectivity index (χ4v) is 2.41. The van der Waals surface area contributed by atoms with Gasteiger partial charge in [0, 0.05) is 24.1 Å². The van der Waals surface area contributed by atoms with E-state index in [0.717, 1.165) is 35.7 Å². The molecule has 1 N–H and O–H groups in total. The SMILES string of the molecule is COc1ccc2c(c1)CCN2C(=O)Cc1ccn[nH]1. The van der Waals surface area contributed by atoms with Gasteiger partial charge < -0.3 is 9.64 Å². The first-order chi connectivity index (χ1) is 9.28. The van der Waals surface area contributed by atoms with Crippen molar-refractivity contribution in [3.05, 3.63) is 41.7 Å². The van der Waals surface area contributed by atoms with Crippen molar-refractivity contribution in [2.24, 2.45) is 0 Å². The molecule has 5 heteroatoms. The first-order valence-corrected chi connectivity index (χ1v) is 6.23. The summed E-state index contributed by atoms with van der Waals surface area (Å²) in [4.78, 5) is 14.1. The summed E-state index contributed by atoms with van der Waals surface area (Å²) in [5.74, 6) is 0.926. The number of amides is 1. The van der Waals surface area contributed by atoms with Crippen molar-refractivity contribution >= 4 is 11.6 Å². The van der Waals surface area contributed by atoms with E-state index in [-0.39, 0.29) is 5.91 Å². The van der Waals surface area contributed by atoms with Crippen molar-refractivity contribution in [2.75, 3.05) is 18.6 Å². The average molecular weight is 257 g/mol. The molecule has 1 aliphatic heterocycles. The van der Waals surface area contributed by atoms with E-state index in [1.165, 1.54) is 0 Å². The number of aromatic amines is 1. The van der Waals surface area contributed by atoms with Crippen LogP contribution in [0, 0.1) is 0 Å². The van der Waals surface area contributed by atoms with Crippen molar-refractivity contribution in [3.8, 4) is 5.75 Å². The van der Waals surface area contributed by atoms with Crippen LogP contribution in [0.25, 0.3) is 0 Å². The molecule has 0 radical (unpaired) electrons. The third-order valence-corrected chi connectivity index (χ3v) is 3.38. The van der Waals surface area contributed by atoms with Gasteiger partial charge in [0.25, 0.3) is 0 Å². The highest BCUT2D eigenvalue weighted by molar-refractivity contribution is 5.96. The zero-order valence-corrected chi connectivity index (χ0v) is 10.7. The maximum Gasteiger partial charge on any atom is 0.232 e. The maximum absolute atomic E-state index is 12.3. The van der Waals surface area contributed by atoms with E-state index in [1.54, 1.807) is 13.3 Å². The second-order valence-electron chi connectivity index (χ2n) is 4.55. The van der Waals surface area contributed by atoms with Gasteiger partial charge >= 0.3 is 0 Å². The zero-order chi connectivity index (χ0) is 13.2. The Hall–Kier alpha value is -2.30. The lowest BCUT2D eigenvalue weighted by Crippen LogP contribution is -2.30. The lowest BCUT2D eigenvalue weighted by Gasteiger charge is -2.17. The Balaban J connectivity index is 1.80. The summed E-state index contributed by atoms with van der Waals surface area (Å²) in [6.07, 6.45) is 2.89. The number of methoxy groups -OCH3 is 1. The number of carbonyl (C=O) groups is 1. The van der Waals surface area contributed by atoms with Crippen molar-refractivity contribution in [3.63, 3.8) is 0 Å². The van der Waals surface area contributed by atoms with Crippen LogP contribution in [0.15, 0.2) is 30.5 Å². The summed E-state index contributed by atoms with van der Waals surface area (Å²) in [5, 5.41) is 6.67. The number of anilines is 1.